The van der Waals surface area contributed by atoms with E-state index in [4.69, 9.17) is 0 Å². The molecule has 3 aromatic heterocycles. The predicted octanol–water partition coefficient (Wildman–Crippen LogP) is 1.63. The third kappa shape index (κ3) is 1.30. The minimum atomic E-state index is -4.53. The van der Waals surface area contributed by atoms with Crippen LogP contribution in [-0.2, 0) is 13.2 Å². The molecule has 3 aromatic rings. The lowest BCUT2D eigenvalue weighted by Gasteiger charge is -2.03. The van der Waals surface area contributed by atoms with Crippen LogP contribution < -0.4 is 0 Å². The molecule has 0 fully saturated rings. The first-order chi connectivity index (χ1) is 7.98. The summed E-state index contributed by atoms with van der Waals surface area (Å²) in [4.78, 5) is 4.01. The van der Waals surface area contributed by atoms with E-state index in [1.807, 2.05) is 0 Å². The molecule has 0 N–H and O–H groups in total. The second kappa shape index (κ2) is 2.96. The van der Waals surface area contributed by atoms with Crippen molar-refractivity contribution in [1.29, 1.82) is 0 Å². The van der Waals surface area contributed by atoms with Gasteiger partial charge in [0.2, 0.25) is 5.82 Å². The highest BCUT2D eigenvalue weighted by Crippen LogP contribution is 2.29. The number of hydrogen-bond donors (Lipinski definition) is 0. The van der Waals surface area contributed by atoms with Crippen LogP contribution in [0, 0.1) is 0 Å². The van der Waals surface area contributed by atoms with E-state index in [1.165, 1.54) is 12.5 Å². The molecule has 0 aromatic carbocycles. The maximum absolute atomic E-state index is 12.6. The van der Waals surface area contributed by atoms with Gasteiger partial charge in [0.15, 0.2) is 5.65 Å². The molecule has 17 heavy (non-hydrogen) atoms. The largest absolute Gasteiger partial charge is 0.452 e. The van der Waals surface area contributed by atoms with Crippen LogP contribution in [0.25, 0.3) is 16.7 Å². The van der Waals surface area contributed by atoms with Gasteiger partial charge in [0.25, 0.3) is 0 Å². The molecule has 88 valence electrons. The van der Waals surface area contributed by atoms with Gasteiger partial charge in [-0.2, -0.15) is 13.2 Å². The quantitative estimate of drug-likeness (QED) is 0.601. The van der Waals surface area contributed by atoms with Crippen LogP contribution in [0.2, 0.25) is 0 Å². The number of rotatable bonds is 0. The summed E-state index contributed by atoms with van der Waals surface area (Å²) in [5.41, 5.74) is 1.21. The maximum Gasteiger partial charge on any atom is 0.452 e. The maximum atomic E-state index is 12.6. The summed E-state index contributed by atoms with van der Waals surface area (Å²) in [6, 6.07) is 1.55. The molecule has 0 atom stereocenters. The van der Waals surface area contributed by atoms with Gasteiger partial charge in [-0.15, -0.1) is 10.2 Å². The van der Waals surface area contributed by atoms with Gasteiger partial charge in [-0.25, -0.2) is 4.98 Å². The molecule has 0 radical (unpaired) electrons. The Kier molecular flexibility index (Phi) is 1.75. The first-order valence-corrected chi connectivity index (χ1v) is 4.70. The van der Waals surface area contributed by atoms with Gasteiger partial charge in [-0.05, 0) is 6.07 Å². The molecule has 0 aliphatic carbocycles. The molecule has 0 unspecified atom stereocenters. The van der Waals surface area contributed by atoms with Crippen LogP contribution in [-0.4, -0.2) is 24.1 Å². The van der Waals surface area contributed by atoms with E-state index in [0.717, 1.165) is 4.40 Å². The zero-order valence-electron chi connectivity index (χ0n) is 8.60. The topological polar surface area (TPSA) is 48.0 Å². The summed E-state index contributed by atoms with van der Waals surface area (Å²) in [5, 5.41) is 6.71. The lowest BCUT2D eigenvalue weighted by atomic mass is 10.4. The van der Waals surface area contributed by atoms with Crippen molar-refractivity contribution in [3.05, 3.63) is 24.4 Å². The number of aromatic nitrogens is 5. The van der Waals surface area contributed by atoms with Crippen molar-refractivity contribution in [2.45, 2.75) is 6.18 Å². The van der Waals surface area contributed by atoms with Gasteiger partial charge in [0, 0.05) is 13.2 Å². The van der Waals surface area contributed by atoms with Crippen LogP contribution in [0.3, 0.4) is 0 Å². The molecule has 0 aliphatic rings. The predicted molar refractivity (Wildman–Crippen MR) is 52.3 cm³/mol. The Balaban J connectivity index is 2.43. The molecular weight excluding hydrogens is 235 g/mol. The van der Waals surface area contributed by atoms with Crippen molar-refractivity contribution >= 4 is 16.7 Å². The highest BCUT2D eigenvalue weighted by molar-refractivity contribution is 5.87. The number of aryl methyl sites for hydroxylation is 1. The van der Waals surface area contributed by atoms with Crippen LogP contribution in [0.5, 0.6) is 0 Å². The SMILES string of the molecule is Cn1cnc2c1ccn1c(C(F)(F)F)nnc21. The Hall–Kier alpha value is -2.12. The van der Waals surface area contributed by atoms with E-state index >= 15 is 0 Å². The summed E-state index contributed by atoms with van der Waals surface area (Å²) in [7, 11) is 1.76. The number of alkyl halides is 3. The van der Waals surface area contributed by atoms with E-state index in [2.05, 4.69) is 15.2 Å². The van der Waals surface area contributed by atoms with E-state index < -0.39 is 12.0 Å². The Labute approximate surface area is 92.5 Å². The zero-order valence-corrected chi connectivity index (χ0v) is 8.60. The minimum absolute atomic E-state index is 0.107. The number of halogens is 3. The lowest BCUT2D eigenvalue weighted by Crippen LogP contribution is -2.10. The van der Waals surface area contributed by atoms with E-state index in [9.17, 15) is 13.2 Å². The fraction of sp³-hybridized carbons (Fsp3) is 0.222. The summed E-state index contributed by atoms with van der Waals surface area (Å²) in [6.45, 7) is 0. The highest BCUT2D eigenvalue weighted by atomic mass is 19.4. The number of hydrogen-bond acceptors (Lipinski definition) is 3. The fourth-order valence-electron chi connectivity index (χ4n) is 1.74. The van der Waals surface area contributed by atoms with E-state index in [1.54, 1.807) is 17.7 Å². The molecule has 0 spiro atoms. The second-order valence-corrected chi connectivity index (χ2v) is 3.62. The molecule has 3 rings (SSSR count). The first kappa shape index (κ1) is 10.1. The van der Waals surface area contributed by atoms with Gasteiger partial charge >= 0.3 is 6.18 Å². The highest BCUT2D eigenvalue weighted by Gasteiger charge is 2.37. The number of imidazole rings is 1. The van der Waals surface area contributed by atoms with Gasteiger partial charge in [0.05, 0.1) is 11.8 Å². The average molecular weight is 241 g/mol. The molecule has 5 nitrogen and oxygen atoms in total. The normalized spacial score (nSPS) is 12.7. The molecule has 0 aliphatic heterocycles. The molecule has 0 saturated carbocycles. The van der Waals surface area contributed by atoms with Crippen LogP contribution >= 0.6 is 0 Å². The van der Waals surface area contributed by atoms with Gasteiger partial charge in [-0.1, -0.05) is 0 Å². The van der Waals surface area contributed by atoms with E-state index in [0.29, 0.717) is 11.0 Å². The Morgan fingerprint density at radius 3 is 2.71 bits per heavy atom. The minimum Gasteiger partial charge on any atom is -0.334 e. The third-order valence-electron chi connectivity index (χ3n) is 2.53. The number of nitrogens with zero attached hydrogens (tertiary/aromatic N) is 5. The third-order valence-corrected chi connectivity index (χ3v) is 2.53. The number of pyridine rings is 1. The molecule has 0 bridgehead atoms. The summed E-state index contributed by atoms with van der Waals surface area (Å²) < 4.78 is 40.4. The molecule has 0 amide bonds. The van der Waals surface area contributed by atoms with E-state index in [-0.39, 0.29) is 5.65 Å². The molecule has 8 heteroatoms. The second-order valence-electron chi connectivity index (χ2n) is 3.62. The van der Waals surface area contributed by atoms with Crippen molar-refractivity contribution < 1.29 is 13.2 Å². The van der Waals surface area contributed by atoms with Crippen molar-refractivity contribution in [3.63, 3.8) is 0 Å². The summed E-state index contributed by atoms with van der Waals surface area (Å²) in [6.07, 6.45) is -1.71. The standard InChI is InChI=1S/C9H6F3N5/c1-16-4-13-6-5(16)2-3-17-7(6)14-15-8(17)9(10,11)12/h2-4H,1H3. The smallest absolute Gasteiger partial charge is 0.334 e. The summed E-state index contributed by atoms with van der Waals surface area (Å²) >= 11 is 0. The van der Waals surface area contributed by atoms with Gasteiger partial charge in [0.1, 0.15) is 5.52 Å². The molecule has 0 saturated heterocycles. The first-order valence-electron chi connectivity index (χ1n) is 4.70. The lowest BCUT2D eigenvalue weighted by molar-refractivity contribution is -0.145. The molecular formula is C9H6F3N5. The van der Waals surface area contributed by atoms with Gasteiger partial charge in [-0.3, -0.25) is 4.40 Å². The monoisotopic (exact) mass is 241 g/mol. The van der Waals surface area contributed by atoms with Crippen molar-refractivity contribution in [2.75, 3.05) is 0 Å². The van der Waals surface area contributed by atoms with Crippen LogP contribution in [0.4, 0.5) is 13.2 Å². The Bertz CT molecular complexity index is 708. The fourth-order valence-corrected chi connectivity index (χ4v) is 1.74. The zero-order chi connectivity index (χ0) is 12.2. The Morgan fingerprint density at radius 2 is 2.00 bits per heavy atom. The van der Waals surface area contributed by atoms with Crippen molar-refractivity contribution in [2.24, 2.45) is 7.05 Å². The van der Waals surface area contributed by atoms with Crippen molar-refractivity contribution in [1.82, 2.24) is 24.1 Å². The summed E-state index contributed by atoms with van der Waals surface area (Å²) in [5.74, 6) is -1.04. The average Bonchev–Trinajstić information content (AvgIpc) is 2.80. The number of fused-ring (bicyclic) bond motifs is 3. The molecule has 3 heterocycles. The van der Waals surface area contributed by atoms with Crippen LogP contribution in [0.1, 0.15) is 5.82 Å². The van der Waals surface area contributed by atoms with Crippen molar-refractivity contribution in [3.8, 4) is 0 Å². The van der Waals surface area contributed by atoms with Crippen LogP contribution in [0.15, 0.2) is 18.6 Å². The Morgan fingerprint density at radius 1 is 1.24 bits per heavy atom. The van der Waals surface area contributed by atoms with Gasteiger partial charge < -0.3 is 4.57 Å².